The molecule has 1 aromatic heterocycles. The first-order valence-corrected chi connectivity index (χ1v) is 9.32. The van der Waals surface area contributed by atoms with Gasteiger partial charge in [0.25, 0.3) is 11.8 Å². The van der Waals surface area contributed by atoms with E-state index in [4.69, 9.17) is 9.47 Å². The summed E-state index contributed by atoms with van der Waals surface area (Å²) < 4.78 is 11.0. The molecule has 1 aliphatic heterocycles. The minimum absolute atomic E-state index is 0.147. The third-order valence-corrected chi connectivity index (χ3v) is 5.42. The molecule has 0 unspecified atom stereocenters. The zero-order chi connectivity index (χ0) is 19.7. The Bertz CT molecular complexity index is 876. The van der Waals surface area contributed by atoms with Crippen LogP contribution >= 0.6 is 0 Å². The van der Waals surface area contributed by atoms with E-state index in [-0.39, 0.29) is 23.6 Å². The number of methoxy groups -OCH3 is 1. The van der Waals surface area contributed by atoms with Crippen LogP contribution in [0.1, 0.15) is 38.2 Å². The summed E-state index contributed by atoms with van der Waals surface area (Å²) in [4.78, 5) is 29.5. The molecule has 146 valence electrons. The van der Waals surface area contributed by atoms with Gasteiger partial charge in [-0.3, -0.25) is 9.59 Å². The molecule has 2 amide bonds. The summed E-state index contributed by atoms with van der Waals surface area (Å²) >= 11 is 0. The van der Waals surface area contributed by atoms with Crippen LogP contribution in [0.3, 0.4) is 0 Å². The van der Waals surface area contributed by atoms with Gasteiger partial charge in [0.2, 0.25) is 0 Å². The summed E-state index contributed by atoms with van der Waals surface area (Å²) in [5.41, 5.74) is 1.99. The van der Waals surface area contributed by atoms with Crippen LogP contribution in [0.5, 0.6) is 0 Å². The maximum atomic E-state index is 12.8. The van der Waals surface area contributed by atoms with E-state index in [9.17, 15) is 9.59 Å². The largest absolute Gasteiger partial charge is 0.381 e. The number of rotatable bonds is 6. The summed E-state index contributed by atoms with van der Waals surface area (Å²) in [6.07, 6.45) is -0.480. The molecule has 1 aromatic carbocycles. The van der Waals surface area contributed by atoms with Crippen molar-refractivity contribution in [2.24, 2.45) is 11.8 Å². The smallest absolute Gasteiger partial charge is 0.269 e. The molecule has 0 spiro atoms. The van der Waals surface area contributed by atoms with E-state index in [1.165, 1.54) is 13.1 Å². The lowest BCUT2D eigenvalue weighted by Gasteiger charge is -2.17. The van der Waals surface area contributed by atoms with E-state index in [1.54, 1.807) is 13.2 Å². The number of fused-ring (bicyclic) bond motifs is 1. The Hall–Kier alpha value is -2.77. The normalized spacial score (nSPS) is 23.6. The monoisotopic (exact) mass is 381 g/mol. The number of ether oxygens (including phenoxy) is 2. The summed E-state index contributed by atoms with van der Waals surface area (Å²) in [7, 11) is 3.11. The maximum absolute atomic E-state index is 12.8. The number of benzene rings is 1. The van der Waals surface area contributed by atoms with Crippen LogP contribution in [0.25, 0.3) is 0 Å². The number of amides is 2. The number of nitrogens with zero attached hydrogens (tertiary/aromatic N) is 1. The summed E-state index contributed by atoms with van der Waals surface area (Å²) in [5.74, 6) is 0.242. The second-order valence-corrected chi connectivity index (χ2v) is 7.14. The Morgan fingerprint density at radius 2 is 1.86 bits per heavy atom. The molecule has 0 bridgehead atoms. The van der Waals surface area contributed by atoms with Crippen molar-refractivity contribution in [3.8, 4) is 0 Å². The topological polar surface area (TPSA) is 89.6 Å². The van der Waals surface area contributed by atoms with Gasteiger partial charge in [-0.05, 0) is 17.7 Å². The summed E-state index contributed by atoms with van der Waals surface area (Å²) in [5, 5.41) is 5.63. The van der Waals surface area contributed by atoms with Gasteiger partial charge in [0.15, 0.2) is 0 Å². The van der Waals surface area contributed by atoms with Crippen molar-refractivity contribution < 1.29 is 19.1 Å². The molecule has 1 saturated carbocycles. The van der Waals surface area contributed by atoms with Crippen LogP contribution < -0.4 is 10.6 Å². The average Bonchev–Trinajstić information content (AvgIpc) is 3.14. The van der Waals surface area contributed by atoms with Crippen LogP contribution in [0, 0.1) is 11.8 Å². The molecule has 2 N–H and O–H groups in total. The Morgan fingerprint density at radius 3 is 2.50 bits per heavy atom. The van der Waals surface area contributed by atoms with Gasteiger partial charge < -0.3 is 20.1 Å². The van der Waals surface area contributed by atoms with Gasteiger partial charge in [0.1, 0.15) is 11.8 Å². The highest BCUT2D eigenvalue weighted by molar-refractivity contribution is 5.99. The quantitative estimate of drug-likeness (QED) is 0.793. The van der Waals surface area contributed by atoms with E-state index < -0.39 is 6.10 Å². The van der Waals surface area contributed by atoms with Crippen molar-refractivity contribution in [3.63, 3.8) is 0 Å². The maximum Gasteiger partial charge on any atom is 0.269 e. The van der Waals surface area contributed by atoms with E-state index in [2.05, 4.69) is 15.6 Å². The number of carbonyl (C=O) groups is 2. The van der Waals surface area contributed by atoms with Gasteiger partial charge in [-0.25, -0.2) is 4.98 Å². The van der Waals surface area contributed by atoms with Crippen LogP contribution in [-0.4, -0.2) is 50.2 Å². The fourth-order valence-electron chi connectivity index (χ4n) is 3.81. The number of pyridine rings is 1. The van der Waals surface area contributed by atoms with Crippen LogP contribution in [0.4, 0.5) is 0 Å². The number of hydrogen-bond acceptors (Lipinski definition) is 5. The molecule has 1 saturated heterocycles. The van der Waals surface area contributed by atoms with E-state index >= 15 is 0 Å². The third-order valence-electron chi connectivity index (χ3n) is 5.42. The van der Waals surface area contributed by atoms with Crippen LogP contribution in [-0.2, 0) is 9.47 Å². The predicted molar refractivity (Wildman–Crippen MR) is 102 cm³/mol. The average molecular weight is 381 g/mol. The lowest BCUT2D eigenvalue weighted by molar-refractivity contribution is 0.0927. The highest BCUT2D eigenvalue weighted by atomic mass is 16.5. The number of hydrogen-bond donors (Lipinski definition) is 2. The van der Waals surface area contributed by atoms with E-state index in [0.717, 1.165) is 5.56 Å². The fraction of sp³-hybridized carbons (Fsp3) is 0.381. The second kappa shape index (κ2) is 7.69. The zero-order valence-corrected chi connectivity index (χ0v) is 15.8. The minimum atomic E-state index is -0.480. The number of nitrogens with one attached hydrogen (secondary N) is 2. The van der Waals surface area contributed by atoms with Crippen LogP contribution in [0.2, 0.25) is 0 Å². The Balaban J connectivity index is 1.65. The predicted octanol–water partition coefficient (Wildman–Crippen LogP) is 1.55. The summed E-state index contributed by atoms with van der Waals surface area (Å²) in [6.45, 7) is 1.39. The molecular weight excluding hydrogens is 358 g/mol. The molecule has 28 heavy (non-hydrogen) atoms. The van der Waals surface area contributed by atoms with Gasteiger partial charge in [-0.1, -0.05) is 30.3 Å². The van der Waals surface area contributed by atoms with Crippen molar-refractivity contribution in [2.45, 2.75) is 12.1 Å². The molecule has 7 heteroatoms. The molecule has 2 heterocycles. The standard InChI is InChI=1S/C21H23N3O4/c1-22-21(26)17-9-13(20(25)24-18-14-10-28-11-15(14)18)8-16(23-17)19(27-2)12-6-4-3-5-7-12/h3-9,14-15,18-19H,10-11H2,1-2H3,(H,22,26)(H,24,25)/t14-,15+,18+,19-/m0/s1. The first-order valence-electron chi connectivity index (χ1n) is 9.32. The summed E-state index contributed by atoms with van der Waals surface area (Å²) in [6, 6.07) is 12.9. The van der Waals surface area contributed by atoms with E-state index in [0.29, 0.717) is 36.3 Å². The lowest BCUT2D eigenvalue weighted by Crippen LogP contribution is -2.31. The van der Waals surface area contributed by atoms with Gasteiger partial charge in [-0.2, -0.15) is 0 Å². The van der Waals surface area contributed by atoms with Gasteiger partial charge in [0.05, 0.1) is 18.9 Å². The molecule has 0 radical (unpaired) electrons. The van der Waals surface area contributed by atoms with E-state index in [1.807, 2.05) is 30.3 Å². The van der Waals surface area contributed by atoms with Crippen molar-refractivity contribution in [2.75, 3.05) is 27.4 Å². The zero-order valence-electron chi connectivity index (χ0n) is 15.8. The fourth-order valence-corrected chi connectivity index (χ4v) is 3.81. The third kappa shape index (κ3) is 3.50. The van der Waals surface area contributed by atoms with Crippen molar-refractivity contribution in [1.29, 1.82) is 0 Å². The molecule has 7 nitrogen and oxygen atoms in total. The van der Waals surface area contributed by atoms with Crippen molar-refractivity contribution in [1.82, 2.24) is 15.6 Å². The van der Waals surface area contributed by atoms with Gasteiger partial charge in [-0.15, -0.1) is 0 Å². The van der Waals surface area contributed by atoms with Crippen molar-refractivity contribution >= 4 is 11.8 Å². The minimum Gasteiger partial charge on any atom is -0.381 e. The molecular formula is C21H23N3O4. The first kappa shape index (κ1) is 18.6. The first-order chi connectivity index (χ1) is 13.6. The van der Waals surface area contributed by atoms with Crippen LogP contribution in [0.15, 0.2) is 42.5 Å². The lowest BCUT2D eigenvalue weighted by atomic mass is 10.0. The van der Waals surface area contributed by atoms with Gasteiger partial charge in [0, 0.05) is 37.6 Å². The second-order valence-electron chi connectivity index (χ2n) is 7.14. The molecule has 4 rings (SSSR count). The molecule has 1 aliphatic carbocycles. The Morgan fingerprint density at radius 1 is 1.14 bits per heavy atom. The Kier molecular flexibility index (Phi) is 5.11. The molecule has 2 aliphatic rings. The number of aromatic nitrogens is 1. The van der Waals surface area contributed by atoms with Crippen molar-refractivity contribution in [3.05, 3.63) is 65.0 Å². The number of carbonyl (C=O) groups excluding carboxylic acids is 2. The molecule has 4 atom stereocenters. The highest BCUT2D eigenvalue weighted by Crippen LogP contribution is 2.44. The van der Waals surface area contributed by atoms with Gasteiger partial charge >= 0.3 is 0 Å². The highest BCUT2D eigenvalue weighted by Gasteiger charge is 2.54. The molecule has 2 aromatic rings. The molecule has 2 fully saturated rings. The SMILES string of the molecule is CNC(=O)c1cc(C(=O)N[C@H]2[C@@H]3COC[C@@H]32)cc([C@@H](OC)c2ccccc2)n1. The Labute approximate surface area is 163 Å².